The third kappa shape index (κ3) is 3.13. The van der Waals surface area contributed by atoms with Gasteiger partial charge in [0, 0.05) is 27.6 Å². The molecule has 30 heavy (non-hydrogen) atoms. The van der Waals surface area contributed by atoms with Crippen molar-refractivity contribution >= 4 is 51.3 Å². The van der Waals surface area contributed by atoms with Crippen LogP contribution in [-0.4, -0.2) is 34.2 Å². The number of H-pyrrole nitrogens is 1. The summed E-state index contributed by atoms with van der Waals surface area (Å²) in [7, 11) is 0. The van der Waals surface area contributed by atoms with Gasteiger partial charge in [0.05, 0.1) is 12.6 Å². The molecule has 0 aliphatic carbocycles. The molecule has 0 unspecified atom stereocenters. The van der Waals surface area contributed by atoms with E-state index in [1.54, 1.807) is 30.3 Å². The zero-order chi connectivity index (χ0) is 20.8. The van der Waals surface area contributed by atoms with Gasteiger partial charge in [-0.15, -0.1) is 0 Å². The molecule has 0 spiro atoms. The molecule has 0 radical (unpaired) electrons. The molecule has 4 aromatic rings. The Kier molecular flexibility index (Phi) is 4.32. The van der Waals surface area contributed by atoms with Gasteiger partial charge in [-0.3, -0.25) is 9.69 Å². The molecule has 9 nitrogen and oxygen atoms in total. The first-order chi connectivity index (χ1) is 14.5. The Morgan fingerprint density at radius 1 is 1.27 bits per heavy atom. The lowest BCUT2D eigenvalue weighted by Gasteiger charge is -2.17. The minimum Gasteiger partial charge on any atom is -0.447 e. The number of carbonyl (C=O) groups excluding carboxylic acids is 1. The van der Waals surface area contributed by atoms with Crippen molar-refractivity contribution in [1.29, 1.82) is 0 Å². The molecule has 1 aromatic carbocycles. The Balaban J connectivity index is 1.54. The van der Waals surface area contributed by atoms with E-state index in [2.05, 4.69) is 20.3 Å². The summed E-state index contributed by atoms with van der Waals surface area (Å²) < 4.78 is 10.4. The number of rotatable bonds is 4. The lowest BCUT2D eigenvalue weighted by atomic mass is 10.1. The molecule has 1 amide bonds. The molecule has 2 N–H and O–H groups in total. The molecule has 10 heteroatoms. The van der Waals surface area contributed by atoms with Crippen molar-refractivity contribution in [3.63, 3.8) is 0 Å². The van der Waals surface area contributed by atoms with Crippen LogP contribution in [0.3, 0.4) is 0 Å². The Morgan fingerprint density at radius 2 is 2.13 bits per heavy atom. The van der Waals surface area contributed by atoms with E-state index >= 15 is 0 Å². The fourth-order valence-corrected chi connectivity index (χ4v) is 3.67. The van der Waals surface area contributed by atoms with E-state index < -0.39 is 12.1 Å². The summed E-state index contributed by atoms with van der Waals surface area (Å²) in [6.07, 6.45) is 0.835. The number of aromatic nitrogens is 3. The topological polar surface area (TPSA) is 113 Å². The summed E-state index contributed by atoms with van der Waals surface area (Å²) in [6, 6.07) is 8.29. The first kappa shape index (κ1) is 18.4. The highest BCUT2D eigenvalue weighted by Gasteiger charge is 2.27. The average molecular weight is 426 g/mol. The Bertz CT molecular complexity index is 1350. The fourth-order valence-electron chi connectivity index (χ4n) is 3.49. The highest BCUT2D eigenvalue weighted by molar-refractivity contribution is 6.31. The van der Waals surface area contributed by atoms with Crippen molar-refractivity contribution in [3.05, 3.63) is 57.7 Å². The number of hydrogen-bond acceptors (Lipinski definition) is 7. The largest absolute Gasteiger partial charge is 0.447 e. The molecule has 4 heterocycles. The number of benzene rings is 1. The number of hydrogen-bond donors (Lipinski definition) is 2. The van der Waals surface area contributed by atoms with Crippen LogP contribution in [0.15, 0.2) is 45.9 Å². The van der Waals surface area contributed by atoms with Crippen LogP contribution < -0.4 is 15.8 Å². The highest BCUT2D eigenvalue weighted by atomic mass is 35.5. The zero-order valence-electron chi connectivity index (χ0n) is 15.8. The lowest BCUT2D eigenvalue weighted by molar-refractivity contribution is 0.181. The van der Waals surface area contributed by atoms with Gasteiger partial charge in [-0.05, 0) is 31.2 Å². The van der Waals surface area contributed by atoms with Gasteiger partial charge in [0.25, 0.3) is 5.56 Å². The van der Waals surface area contributed by atoms with Crippen LogP contribution in [0, 0.1) is 0 Å². The molecule has 3 aromatic heterocycles. The molecule has 0 saturated carbocycles. The van der Waals surface area contributed by atoms with Crippen molar-refractivity contribution in [2.24, 2.45) is 0 Å². The van der Waals surface area contributed by atoms with Crippen molar-refractivity contribution < 1.29 is 13.9 Å². The number of oxazole rings is 1. The van der Waals surface area contributed by atoms with Crippen LogP contribution in [0.25, 0.3) is 22.0 Å². The number of nitrogens with zero attached hydrogens (tertiary/aromatic N) is 3. The van der Waals surface area contributed by atoms with E-state index in [1.807, 2.05) is 6.92 Å². The van der Waals surface area contributed by atoms with Gasteiger partial charge in [0.15, 0.2) is 23.3 Å². The van der Waals surface area contributed by atoms with E-state index in [1.165, 1.54) is 11.3 Å². The maximum absolute atomic E-state index is 12.6. The Hall–Kier alpha value is -3.59. The molecule has 1 fully saturated rings. The van der Waals surface area contributed by atoms with Crippen molar-refractivity contribution in [2.45, 2.75) is 13.0 Å². The van der Waals surface area contributed by atoms with E-state index in [9.17, 15) is 9.59 Å². The average Bonchev–Trinajstić information content (AvgIpc) is 3.36. The first-order valence-electron chi connectivity index (χ1n) is 9.27. The number of anilines is 2. The summed E-state index contributed by atoms with van der Waals surface area (Å²) >= 11 is 6.09. The Labute approximate surface area is 174 Å². The summed E-state index contributed by atoms with van der Waals surface area (Å²) in [4.78, 5) is 37.6. The third-order valence-electron chi connectivity index (χ3n) is 5.00. The molecule has 152 valence electrons. The monoisotopic (exact) mass is 425 g/mol. The van der Waals surface area contributed by atoms with E-state index in [-0.39, 0.29) is 5.56 Å². The quantitative estimate of drug-likeness (QED) is 0.510. The molecule has 1 atom stereocenters. The number of cyclic esters (lactones) is 1. The molecule has 5 rings (SSSR count). The minimum atomic E-state index is -0.469. The van der Waals surface area contributed by atoms with Crippen molar-refractivity contribution in [2.75, 3.05) is 23.4 Å². The molecule has 1 aliphatic heterocycles. The smallest absolute Gasteiger partial charge is 0.415 e. The predicted octanol–water partition coefficient (Wildman–Crippen LogP) is 3.85. The van der Waals surface area contributed by atoms with Gasteiger partial charge >= 0.3 is 6.09 Å². The number of halogens is 1. The normalized spacial score (nSPS) is 15.0. The first-order valence-corrected chi connectivity index (χ1v) is 9.65. The van der Waals surface area contributed by atoms with Gasteiger partial charge in [0.1, 0.15) is 12.4 Å². The number of nitrogens with one attached hydrogen (secondary N) is 2. The van der Waals surface area contributed by atoms with Crippen LogP contribution in [0.5, 0.6) is 0 Å². The van der Waals surface area contributed by atoms with E-state index in [0.717, 1.165) is 5.39 Å². The SMILES string of the molecule is C[C@H](Nc1nc(N2CCOC2=O)cc2ocnc12)c1cc2cc(Cl)ccc2[nH]c1=O. The van der Waals surface area contributed by atoms with Crippen LogP contribution in [0.1, 0.15) is 18.5 Å². The van der Waals surface area contributed by atoms with Gasteiger partial charge < -0.3 is 19.5 Å². The molecule has 1 saturated heterocycles. The number of aromatic amines is 1. The van der Waals surface area contributed by atoms with Crippen LogP contribution in [-0.2, 0) is 4.74 Å². The third-order valence-corrected chi connectivity index (χ3v) is 5.23. The number of pyridine rings is 2. The second-order valence-corrected chi connectivity index (χ2v) is 7.38. The number of ether oxygens (including phenoxy) is 1. The van der Waals surface area contributed by atoms with Gasteiger partial charge in [0.2, 0.25) is 0 Å². The zero-order valence-corrected chi connectivity index (χ0v) is 16.6. The second kappa shape index (κ2) is 7.03. The van der Waals surface area contributed by atoms with Gasteiger partial charge in [-0.2, -0.15) is 0 Å². The molecule has 0 bridgehead atoms. The minimum absolute atomic E-state index is 0.222. The van der Waals surface area contributed by atoms with Gasteiger partial charge in [-0.25, -0.2) is 14.8 Å². The number of fused-ring (bicyclic) bond motifs is 2. The summed E-state index contributed by atoms with van der Waals surface area (Å²) in [5.41, 5.74) is 1.95. The number of amides is 1. The maximum Gasteiger partial charge on any atom is 0.415 e. The van der Waals surface area contributed by atoms with Crippen LogP contribution in [0.2, 0.25) is 5.02 Å². The molecular weight excluding hydrogens is 410 g/mol. The fraction of sp³-hybridized carbons (Fsp3) is 0.200. The van der Waals surface area contributed by atoms with Crippen LogP contribution >= 0.6 is 11.6 Å². The molecule has 1 aliphatic rings. The van der Waals surface area contributed by atoms with Crippen LogP contribution in [0.4, 0.5) is 16.4 Å². The van der Waals surface area contributed by atoms with E-state index in [4.69, 9.17) is 20.8 Å². The van der Waals surface area contributed by atoms with Crippen molar-refractivity contribution in [1.82, 2.24) is 15.0 Å². The molecular formula is C20H16ClN5O4. The highest BCUT2D eigenvalue weighted by Crippen LogP contribution is 2.29. The summed E-state index contributed by atoms with van der Waals surface area (Å²) in [5.74, 6) is 0.782. The van der Waals surface area contributed by atoms with E-state index in [0.29, 0.717) is 52.0 Å². The second-order valence-electron chi connectivity index (χ2n) is 6.95. The lowest BCUT2D eigenvalue weighted by Crippen LogP contribution is -2.25. The number of carbonyl (C=O) groups is 1. The summed E-state index contributed by atoms with van der Waals surface area (Å²) in [6.45, 7) is 2.53. The van der Waals surface area contributed by atoms with Crippen molar-refractivity contribution in [3.8, 4) is 0 Å². The van der Waals surface area contributed by atoms with Gasteiger partial charge in [-0.1, -0.05) is 11.6 Å². The summed E-state index contributed by atoms with van der Waals surface area (Å²) in [5, 5.41) is 4.62. The maximum atomic E-state index is 12.6. The Morgan fingerprint density at radius 3 is 2.93 bits per heavy atom. The standard InChI is InChI=1S/C20H16ClN5O4/c1-10(13-7-11-6-12(21)2-3-14(11)24-19(13)27)23-18-17-15(30-9-22-17)8-16(25-18)26-4-5-29-20(26)28/h2-3,6-10H,4-5H2,1H3,(H,23,25)(H,24,27)/t10-/m0/s1. The predicted molar refractivity (Wildman–Crippen MR) is 112 cm³/mol.